The fourth-order valence-corrected chi connectivity index (χ4v) is 1.99. The second-order valence-corrected chi connectivity index (χ2v) is 4.75. The van der Waals surface area contributed by atoms with Crippen LogP contribution in [-0.2, 0) is 11.8 Å². The van der Waals surface area contributed by atoms with Crippen molar-refractivity contribution < 1.29 is 9.53 Å². The molecule has 2 aromatic heterocycles. The molecule has 0 atom stereocenters. The molecule has 0 spiro atoms. The van der Waals surface area contributed by atoms with Crippen LogP contribution in [0.2, 0.25) is 0 Å². The minimum atomic E-state index is -0.643. The van der Waals surface area contributed by atoms with E-state index in [1.54, 1.807) is 16.9 Å². The van der Waals surface area contributed by atoms with Crippen LogP contribution in [0.4, 0.5) is 0 Å². The Labute approximate surface area is 121 Å². The molecule has 0 fully saturated rings. The van der Waals surface area contributed by atoms with Gasteiger partial charge in [-0.1, -0.05) is 25.4 Å². The minimum Gasteiger partial charge on any atom is -0.443 e. The van der Waals surface area contributed by atoms with Gasteiger partial charge >= 0.3 is 5.97 Å². The molecule has 0 aliphatic heterocycles. The molecule has 0 aromatic carbocycles. The highest BCUT2D eigenvalue weighted by molar-refractivity contribution is 6.17. The SMILES string of the molecule is CC(C)c1cnn(C)c1-c1ccnc(C(=O)OCCl)n1. The highest BCUT2D eigenvalue weighted by atomic mass is 35.5. The highest BCUT2D eigenvalue weighted by Gasteiger charge is 2.17. The molecule has 2 aromatic rings. The zero-order valence-corrected chi connectivity index (χ0v) is 12.3. The molecule has 0 unspecified atom stereocenters. The summed E-state index contributed by atoms with van der Waals surface area (Å²) in [7, 11) is 1.83. The third kappa shape index (κ3) is 2.80. The number of ether oxygens (including phenoxy) is 1. The van der Waals surface area contributed by atoms with Crippen molar-refractivity contribution in [3.05, 3.63) is 29.8 Å². The van der Waals surface area contributed by atoms with E-state index in [1.807, 2.05) is 7.05 Å². The van der Waals surface area contributed by atoms with Gasteiger partial charge in [0, 0.05) is 18.8 Å². The lowest BCUT2D eigenvalue weighted by molar-refractivity contribution is 0.0560. The van der Waals surface area contributed by atoms with E-state index in [-0.39, 0.29) is 11.9 Å². The number of aromatic nitrogens is 4. The van der Waals surface area contributed by atoms with Gasteiger partial charge in [-0.2, -0.15) is 5.10 Å². The maximum absolute atomic E-state index is 11.6. The average molecular weight is 295 g/mol. The number of carbonyl (C=O) groups excluding carboxylic acids is 1. The summed E-state index contributed by atoms with van der Waals surface area (Å²) in [6, 6.07) is 1.51. The lowest BCUT2D eigenvalue weighted by Crippen LogP contribution is -2.10. The van der Waals surface area contributed by atoms with Gasteiger partial charge in [0.1, 0.15) is 0 Å². The van der Waals surface area contributed by atoms with E-state index in [0.717, 1.165) is 11.3 Å². The standard InChI is InChI=1S/C13H15ClN4O2/c1-8(2)9-6-16-18(3)11(9)10-4-5-15-12(17-10)13(19)20-7-14/h4-6,8H,7H2,1-3H3. The van der Waals surface area contributed by atoms with Crippen LogP contribution >= 0.6 is 11.6 Å². The van der Waals surface area contributed by atoms with Crippen LogP contribution in [0, 0.1) is 0 Å². The van der Waals surface area contributed by atoms with Gasteiger partial charge in [0.2, 0.25) is 5.82 Å². The Morgan fingerprint density at radius 1 is 1.50 bits per heavy atom. The van der Waals surface area contributed by atoms with Crippen molar-refractivity contribution in [2.75, 3.05) is 6.07 Å². The van der Waals surface area contributed by atoms with Gasteiger partial charge in [0.25, 0.3) is 0 Å². The first-order chi connectivity index (χ1) is 9.54. The zero-order chi connectivity index (χ0) is 14.7. The first-order valence-electron chi connectivity index (χ1n) is 6.13. The predicted molar refractivity (Wildman–Crippen MR) is 74.5 cm³/mol. The summed E-state index contributed by atoms with van der Waals surface area (Å²) in [5, 5.41) is 4.24. The normalized spacial score (nSPS) is 10.8. The van der Waals surface area contributed by atoms with Crippen molar-refractivity contribution >= 4 is 17.6 Å². The molecule has 2 heterocycles. The molecular weight excluding hydrogens is 280 g/mol. The topological polar surface area (TPSA) is 69.9 Å². The number of hydrogen-bond donors (Lipinski definition) is 0. The second-order valence-electron chi connectivity index (χ2n) is 4.53. The molecule has 20 heavy (non-hydrogen) atoms. The summed E-state index contributed by atoms with van der Waals surface area (Å²) in [5.74, 6) is -0.360. The van der Waals surface area contributed by atoms with E-state index in [2.05, 4.69) is 33.7 Å². The zero-order valence-electron chi connectivity index (χ0n) is 11.5. The number of aryl methyl sites for hydroxylation is 1. The van der Waals surface area contributed by atoms with Crippen LogP contribution < -0.4 is 0 Å². The van der Waals surface area contributed by atoms with E-state index in [1.165, 1.54) is 6.20 Å². The molecule has 0 saturated heterocycles. The van der Waals surface area contributed by atoms with Gasteiger partial charge in [-0.05, 0) is 12.0 Å². The Hall–Kier alpha value is -1.95. The van der Waals surface area contributed by atoms with Crippen molar-refractivity contribution in [2.45, 2.75) is 19.8 Å². The maximum atomic E-state index is 11.6. The number of alkyl halides is 1. The molecule has 0 aliphatic rings. The smallest absolute Gasteiger partial charge is 0.377 e. The fourth-order valence-electron chi connectivity index (χ4n) is 1.89. The molecular formula is C13H15ClN4O2. The monoisotopic (exact) mass is 294 g/mol. The molecule has 7 heteroatoms. The van der Waals surface area contributed by atoms with Crippen LogP contribution in [0.1, 0.15) is 35.9 Å². The van der Waals surface area contributed by atoms with Gasteiger partial charge in [-0.15, -0.1) is 0 Å². The van der Waals surface area contributed by atoms with Crippen LogP contribution in [0.25, 0.3) is 11.4 Å². The Morgan fingerprint density at radius 3 is 2.90 bits per heavy atom. The number of rotatable bonds is 4. The van der Waals surface area contributed by atoms with E-state index in [9.17, 15) is 4.79 Å². The Kier molecular flexibility index (Phi) is 4.34. The Morgan fingerprint density at radius 2 is 2.25 bits per heavy atom. The largest absolute Gasteiger partial charge is 0.443 e. The number of esters is 1. The summed E-state index contributed by atoms with van der Waals surface area (Å²) >= 11 is 5.36. The van der Waals surface area contributed by atoms with E-state index >= 15 is 0 Å². The molecule has 0 bridgehead atoms. The molecule has 0 radical (unpaired) electrons. The van der Waals surface area contributed by atoms with Crippen LogP contribution in [0.15, 0.2) is 18.5 Å². The minimum absolute atomic E-state index is 0.0148. The summed E-state index contributed by atoms with van der Waals surface area (Å²) in [5.41, 5.74) is 2.55. The van der Waals surface area contributed by atoms with Crippen molar-refractivity contribution in [1.82, 2.24) is 19.7 Å². The lowest BCUT2D eigenvalue weighted by Gasteiger charge is -2.08. The molecule has 0 amide bonds. The maximum Gasteiger partial charge on any atom is 0.377 e. The van der Waals surface area contributed by atoms with E-state index in [4.69, 9.17) is 11.6 Å². The Balaban J connectivity index is 2.46. The van der Waals surface area contributed by atoms with Crippen LogP contribution in [-0.4, -0.2) is 31.8 Å². The van der Waals surface area contributed by atoms with Gasteiger partial charge in [0.15, 0.2) is 6.07 Å². The molecule has 106 valence electrons. The first kappa shape index (κ1) is 14.5. The van der Waals surface area contributed by atoms with Gasteiger partial charge < -0.3 is 4.74 Å². The second kappa shape index (κ2) is 6.00. The van der Waals surface area contributed by atoms with E-state index < -0.39 is 5.97 Å². The Bertz CT molecular complexity index is 625. The molecule has 0 N–H and O–H groups in total. The van der Waals surface area contributed by atoms with Crippen molar-refractivity contribution in [3.63, 3.8) is 0 Å². The van der Waals surface area contributed by atoms with Crippen LogP contribution in [0.5, 0.6) is 0 Å². The number of hydrogen-bond acceptors (Lipinski definition) is 5. The van der Waals surface area contributed by atoms with Gasteiger partial charge in [0.05, 0.1) is 17.6 Å². The average Bonchev–Trinajstić information content (AvgIpc) is 2.81. The number of carbonyl (C=O) groups is 1. The summed E-state index contributed by atoms with van der Waals surface area (Å²) < 4.78 is 6.42. The van der Waals surface area contributed by atoms with Crippen LogP contribution in [0.3, 0.4) is 0 Å². The quantitative estimate of drug-likeness (QED) is 0.639. The highest BCUT2D eigenvalue weighted by Crippen LogP contribution is 2.27. The summed E-state index contributed by atoms with van der Waals surface area (Å²) in [6.07, 6.45) is 3.32. The first-order valence-corrected chi connectivity index (χ1v) is 6.66. The van der Waals surface area contributed by atoms with Crippen molar-refractivity contribution in [3.8, 4) is 11.4 Å². The van der Waals surface area contributed by atoms with Crippen molar-refractivity contribution in [2.24, 2.45) is 7.05 Å². The molecule has 0 saturated carbocycles. The molecule has 0 aliphatic carbocycles. The predicted octanol–water partition coefficient (Wildman–Crippen LogP) is 2.35. The fraction of sp³-hybridized carbons (Fsp3) is 0.385. The third-order valence-electron chi connectivity index (χ3n) is 2.86. The summed E-state index contributed by atoms with van der Waals surface area (Å²) in [4.78, 5) is 19.7. The molecule has 2 rings (SSSR count). The van der Waals surface area contributed by atoms with E-state index in [0.29, 0.717) is 11.6 Å². The third-order valence-corrected chi connectivity index (χ3v) is 2.96. The molecule has 6 nitrogen and oxygen atoms in total. The summed E-state index contributed by atoms with van der Waals surface area (Å²) in [6.45, 7) is 4.15. The number of nitrogens with zero attached hydrogens (tertiary/aromatic N) is 4. The van der Waals surface area contributed by atoms with Gasteiger partial charge in [-0.25, -0.2) is 14.8 Å². The lowest BCUT2D eigenvalue weighted by atomic mass is 10.0. The van der Waals surface area contributed by atoms with Gasteiger partial charge in [-0.3, -0.25) is 4.68 Å². The van der Waals surface area contributed by atoms with Crippen molar-refractivity contribution in [1.29, 1.82) is 0 Å². The number of halogens is 1.